The van der Waals surface area contributed by atoms with E-state index in [0.29, 0.717) is 36.3 Å². The van der Waals surface area contributed by atoms with Gasteiger partial charge in [-0.05, 0) is 36.2 Å². The zero-order chi connectivity index (χ0) is 19.5. The van der Waals surface area contributed by atoms with E-state index in [9.17, 15) is 4.79 Å². The van der Waals surface area contributed by atoms with Gasteiger partial charge in [0.25, 0.3) is 0 Å². The highest BCUT2D eigenvalue weighted by Gasteiger charge is 2.06. The second-order valence-corrected chi connectivity index (χ2v) is 5.65. The van der Waals surface area contributed by atoms with Crippen LogP contribution in [0.3, 0.4) is 0 Å². The Hall–Kier alpha value is -2.43. The van der Waals surface area contributed by atoms with E-state index in [4.69, 9.17) is 13.9 Å². The van der Waals surface area contributed by atoms with Crippen LogP contribution in [-0.2, 0) is 17.8 Å². The lowest BCUT2D eigenvalue weighted by Crippen LogP contribution is -2.43. The molecule has 0 fully saturated rings. The van der Waals surface area contributed by atoms with Gasteiger partial charge >= 0.3 is 0 Å². The fourth-order valence-electron chi connectivity index (χ4n) is 2.41. The number of hydrogen-bond donors (Lipinski definition) is 3. The summed E-state index contributed by atoms with van der Waals surface area (Å²) in [4.78, 5) is 16.0. The lowest BCUT2D eigenvalue weighted by molar-refractivity contribution is -0.120. The predicted octanol–water partition coefficient (Wildman–Crippen LogP) is 1.94. The number of nitrogens with zero attached hydrogens (tertiary/aromatic N) is 1. The summed E-state index contributed by atoms with van der Waals surface area (Å²) in [7, 11) is 4.88. The summed E-state index contributed by atoms with van der Waals surface area (Å²) >= 11 is 0. The largest absolute Gasteiger partial charge is 0.493 e. The first-order chi connectivity index (χ1) is 13.2. The van der Waals surface area contributed by atoms with E-state index < -0.39 is 0 Å². The second kappa shape index (κ2) is 12.9. The maximum Gasteiger partial charge on any atom is 0.239 e. The topological polar surface area (TPSA) is 97.1 Å². The molecule has 1 amide bonds. The average molecular weight is 502 g/mol. The van der Waals surface area contributed by atoms with Gasteiger partial charge in [-0.15, -0.1) is 24.0 Å². The Morgan fingerprint density at radius 3 is 2.54 bits per heavy atom. The number of methoxy groups -OCH3 is 2. The van der Waals surface area contributed by atoms with Crippen LogP contribution in [0.4, 0.5) is 0 Å². The van der Waals surface area contributed by atoms with Gasteiger partial charge in [0.2, 0.25) is 5.91 Å². The number of hydrogen-bond acceptors (Lipinski definition) is 5. The Labute approximate surface area is 182 Å². The van der Waals surface area contributed by atoms with Gasteiger partial charge in [0.1, 0.15) is 5.76 Å². The Bertz CT molecular complexity index is 750. The summed E-state index contributed by atoms with van der Waals surface area (Å²) in [5.74, 6) is 2.52. The van der Waals surface area contributed by atoms with Crippen molar-refractivity contribution in [3.63, 3.8) is 0 Å². The second-order valence-electron chi connectivity index (χ2n) is 5.65. The average Bonchev–Trinajstić information content (AvgIpc) is 3.22. The Morgan fingerprint density at radius 2 is 1.89 bits per heavy atom. The van der Waals surface area contributed by atoms with Crippen LogP contribution in [0.5, 0.6) is 11.5 Å². The first-order valence-corrected chi connectivity index (χ1v) is 8.60. The highest BCUT2D eigenvalue weighted by Crippen LogP contribution is 2.27. The van der Waals surface area contributed by atoms with Crippen molar-refractivity contribution in [1.29, 1.82) is 0 Å². The Balaban J connectivity index is 0.00000392. The Kier molecular flexibility index (Phi) is 10.8. The van der Waals surface area contributed by atoms with Crippen LogP contribution in [-0.4, -0.2) is 46.2 Å². The Morgan fingerprint density at radius 1 is 1.11 bits per heavy atom. The van der Waals surface area contributed by atoms with Gasteiger partial charge in [0.15, 0.2) is 17.5 Å². The molecule has 0 spiro atoms. The molecule has 28 heavy (non-hydrogen) atoms. The van der Waals surface area contributed by atoms with Crippen molar-refractivity contribution < 1.29 is 18.7 Å². The molecule has 2 rings (SSSR count). The summed E-state index contributed by atoms with van der Waals surface area (Å²) in [5.41, 5.74) is 1.10. The molecule has 0 aliphatic heterocycles. The lowest BCUT2D eigenvalue weighted by atomic mass is 10.1. The summed E-state index contributed by atoms with van der Waals surface area (Å²) in [5, 5.41) is 8.92. The van der Waals surface area contributed by atoms with E-state index in [-0.39, 0.29) is 36.4 Å². The molecule has 8 nitrogen and oxygen atoms in total. The number of rotatable bonds is 9. The van der Waals surface area contributed by atoms with Gasteiger partial charge in [0.05, 0.1) is 33.6 Å². The number of ether oxygens (including phenoxy) is 2. The molecule has 1 heterocycles. The number of amides is 1. The molecule has 2 aromatic rings. The van der Waals surface area contributed by atoms with E-state index in [1.165, 1.54) is 0 Å². The third kappa shape index (κ3) is 7.67. The molecule has 9 heteroatoms. The van der Waals surface area contributed by atoms with Gasteiger partial charge in [-0.3, -0.25) is 9.79 Å². The number of carbonyl (C=O) groups excluding carboxylic acids is 1. The van der Waals surface area contributed by atoms with Crippen molar-refractivity contribution in [3.8, 4) is 11.5 Å². The number of benzene rings is 1. The number of aliphatic imine (C=N–C) groups is 1. The van der Waals surface area contributed by atoms with Crippen molar-refractivity contribution in [2.24, 2.45) is 4.99 Å². The van der Waals surface area contributed by atoms with Crippen LogP contribution in [0, 0.1) is 0 Å². The highest BCUT2D eigenvalue weighted by molar-refractivity contribution is 14.0. The molecular formula is C19H27IN4O4. The molecule has 0 aliphatic rings. The smallest absolute Gasteiger partial charge is 0.239 e. The number of furan rings is 1. The molecule has 154 valence electrons. The van der Waals surface area contributed by atoms with Crippen molar-refractivity contribution in [2.45, 2.75) is 13.0 Å². The van der Waals surface area contributed by atoms with Gasteiger partial charge < -0.3 is 29.8 Å². The zero-order valence-corrected chi connectivity index (χ0v) is 18.6. The lowest BCUT2D eigenvalue weighted by Gasteiger charge is -2.13. The minimum Gasteiger partial charge on any atom is -0.493 e. The van der Waals surface area contributed by atoms with Crippen LogP contribution in [0.1, 0.15) is 11.3 Å². The normalized spacial score (nSPS) is 10.6. The molecule has 1 aromatic carbocycles. The zero-order valence-electron chi connectivity index (χ0n) is 16.3. The van der Waals surface area contributed by atoms with Crippen LogP contribution < -0.4 is 25.4 Å². The van der Waals surface area contributed by atoms with E-state index >= 15 is 0 Å². The molecule has 0 aliphatic carbocycles. The van der Waals surface area contributed by atoms with Crippen LogP contribution in [0.2, 0.25) is 0 Å². The van der Waals surface area contributed by atoms with E-state index in [0.717, 1.165) is 12.0 Å². The molecule has 0 saturated heterocycles. The quantitative estimate of drug-likeness (QED) is 0.276. The molecule has 3 N–H and O–H groups in total. The minimum absolute atomic E-state index is 0. The van der Waals surface area contributed by atoms with Gasteiger partial charge in [-0.25, -0.2) is 0 Å². The fourth-order valence-corrected chi connectivity index (χ4v) is 2.41. The minimum atomic E-state index is -0.144. The number of halogens is 1. The van der Waals surface area contributed by atoms with E-state index in [1.807, 2.05) is 24.3 Å². The van der Waals surface area contributed by atoms with Crippen LogP contribution >= 0.6 is 24.0 Å². The van der Waals surface area contributed by atoms with Crippen molar-refractivity contribution >= 4 is 35.8 Å². The first kappa shape index (κ1) is 23.6. The molecule has 0 unspecified atom stereocenters. The van der Waals surface area contributed by atoms with Crippen molar-refractivity contribution in [2.75, 3.05) is 34.4 Å². The summed E-state index contributed by atoms with van der Waals surface area (Å²) in [6.07, 6.45) is 2.34. The molecule has 0 bridgehead atoms. The SMILES string of the molecule is CN=C(NCCc1ccc(OC)c(OC)c1)NCC(=O)NCc1ccco1.I. The summed E-state index contributed by atoms with van der Waals surface area (Å²) < 4.78 is 15.7. The summed E-state index contributed by atoms with van der Waals surface area (Å²) in [6.45, 7) is 1.14. The first-order valence-electron chi connectivity index (χ1n) is 8.60. The molecule has 1 aromatic heterocycles. The number of nitrogens with one attached hydrogen (secondary N) is 3. The van der Waals surface area contributed by atoms with Crippen molar-refractivity contribution in [3.05, 3.63) is 47.9 Å². The van der Waals surface area contributed by atoms with Crippen LogP contribution in [0.25, 0.3) is 0 Å². The predicted molar refractivity (Wildman–Crippen MR) is 119 cm³/mol. The van der Waals surface area contributed by atoms with E-state index in [1.54, 1.807) is 33.6 Å². The third-order valence-corrected chi connectivity index (χ3v) is 3.83. The highest BCUT2D eigenvalue weighted by atomic mass is 127. The number of carbonyl (C=O) groups is 1. The maximum atomic E-state index is 11.9. The maximum absolute atomic E-state index is 11.9. The van der Waals surface area contributed by atoms with Gasteiger partial charge in [-0.2, -0.15) is 0 Å². The van der Waals surface area contributed by atoms with Gasteiger partial charge in [-0.1, -0.05) is 6.07 Å². The monoisotopic (exact) mass is 502 g/mol. The third-order valence-electron chi connectivity index (χ3n) is 3.83. The van der Waals surface area contributed by atoms with Crippen LogP contribution in [0.15, 0.2) is 46.0 Å². The standard InChI is InChI=1S/C19H26N4O4.HI/c1-20-19(23-13-18(24)22-12-15-5-4-10-27-15)21-9-8-14-6-7-16(25-2)17(11-14)26-3;/h4-7,10-11H,8-9,12-13H2,1-3H3,(H,22,24)(H2,20,21,23);1H. The van der Waals surface area contributed by atoms with Crippen molar-refractivity contribution in [1.82, 2.24) is 16.0 Å². The molecule has 0 saturated carbocycles. The molecule has 0 radical (unpaired) electrons. The van der Waals surface area contributed by atoms with E-state index in [2.05, 4.69) is 20.9 Å². The molecule has 0 atom stereocenters. The summed E-state index contributed by atoms with van der Waals surface area (Å²) in [6, 6.07) is 9.40. The molecular weight excluding hydrogens is 475 g/mol. The fraction of sp³-hybridized carbons (Fsp3) is 0.368. The van der Waals surface area contributed by atoms with Gasteiger partial charge in [0, 0.05) is 13.6 Å². The number of guanidine groups is 1.